The molecule has 0 bridgehead atoms. The van der Waals surface area contributed by atoms with E-state index < -0.39 is 6.36 Å². The summed E-state index contributed by atoms with van der Waals surface area (Å²) in [5.41, 5.74) is 3.77. The molecular weight excluding hydrogens is 689 g/mol. The van der Waals surface area contributed by atoms with Crippen LogP contribution in [0.4, 0.5) is 18.9 Å². The van der Waals surface area contributed by atoms with E-state index in [-0.39, 0.29) is 12.0 Å². The fraction of sp³-hybridized carbons (Fsp3) is 0.457. The van der Waals surface area contributed by atoms with Gasteiger partial charge in [0.05, 0.1) is 4.90 Å². The van der Waals surface area contributed by atoms with Crippen LogP contribution in [0.3, 0.4) is 0 Å². The van der Waals surface area contributed by atoms with Crippen molar-refractivity contribution in [3.05, 3.63) is 88.4 Å². The number of likely N-dealkylation sites (tertiary alicyclic amines) is 1. The third-order valence-corrected chi connectivity index (χ3v) is 9.83. The number of nitrogens with one attached hydrogen (secondary N) is 4. The Balaban J connectivity index is 0.000000244. The lowest BCUT2D eigenvalue weighted by Crippen LogP contribution is -2.48. The summed E-state index contributed by atoms with van der Waals surface area (Å²) >= 11 is 4.13. The van der Waals surface area contributed by atoms with E-state index in [1.807, 2.05) is 0 Å². The summed E-state index contributed by atoms with van der Waals surface area (Å²) in [6.07, 6.45) is 4.46. The zero-order chi connectivity index (χ0) is 33.1. The SMILES string of the molecule is CNSc1ccc(Br)cc1OC(F)(F)F.c1ccc(CN2CCC(NC3=NC(NCC4CCCCC4)Nc4ccccc43)CC2)cc1. The van der Waals surface area contributed by atoms with Gasteiger partial charge in [0.2, 0.25) is 0 Å². The van der Waals surface area contributed by atoms with Crippen molar-refractivity contribution >= 4 is 39.4 Å². The number of benzene rings is 3. The summed E-state index contributed by atoms with van der Waals surface area (Å²) in [7, 11) is 1.62. The zero-order valence-electron chi connectivity index (χ0n) is 26.7. The molecule has 2 fully saturated rings. The lowest BCUT2D eigenvalue weighted by atomic mass is 9.89. The summed E-state index contributed by atoms with van der Waals surface area (Å²) in [6.45, 7) is 4.36. The normalized spacial score (nSPS) is 19.1. The molecule has 2 aliphatic heterocycles. The van der Waals surface area contributed by atoms with Crippen molar-refractivity contribution in [2.45, 2.75) is 75.1 Å². The fourth-order valence-electron chi connectivity index (χ4n) is 6.23. The van der Waals surface area contributed by atoms with Crippen LogP contribution in [0.15, 0.2) is 87.2 Å². The van der Waals surface area contributed by atoms with Crippen LogP contribution in [0.25, 0.3) is 0 Å². The van der Waals surface area contributed by atoms with E-state index in [0.29, 0.717) is 15.4 Å². The van der Waals surface area contributed by atoms with Gasteiger partial charge < -0.3 is 15.4 Å². The van der Waals surface area contributed by atoms with Crippen LogP contribution in [0.2, 0.25) is 0 Å². The van der Waals surface area contributed by atoms with Gasteiger partial charge in [0.25, 0.3) is 0 Å². The number of hydrogen-bond acceptors (Lipinski definition) is 8. The first-order valence-electron chi connectivity index (χ1n) is 16.3. The number of nitrogens with zero attached hydrogens (tertiary/aromatic N) is 2. The smallest absolute Gasteiger partial charge is 0.405 e. The third kappa shape index (κ3) is 11.4. The predicted octanol–water partition coefficient (Wildman–Crippen LogP) is 8.14. The van der Waals surface area contributed by atoms with Crippen molar-refractivity contribution in [3.63, 3.8) is 0 Å². The number of anilines is 1. The summed E-state index contributed by atoms with van der Waals surface area (Å²) in [5.74, 6) is 1.61. The lowest BCUT2D eigenvalue weighted by molar-refractivity contribution is -0.275. The van der Waals surface area contributed by atoms with Gasteiger partial charge in [0.15, 0.2) is 6.29 Å². The van der Waals surface area contributed by atoms with Gasteiger partial charge in [-0.25, -0.2) is 4.99 Å². The first kappa shape index (κ1) is 35.5. The van der Waals surface area contributed by atoms with Crippen LogP contribution in [-0.2, 0) is 6.54 Å². The topological polar surface area (TPSA) is 73.0 Å². The highest BCUT2D eigenvalue weighted by molar-refractivity contribution is 9.10. The Morgan fingerprint density at radius 3 is 2.40 bits per heavy atom. The van der Waals surface area contributed by atoms with E-state index in [4.69, 9.17) is 4.99 Å². The molecule has 1 saturated carbocycles. The van der Waals surface area contributed by atoms with Crippen molar-refractivity contribution in [1.29, 1.82) is 0 Å². The minimum absolute atomic E-state index is 0.0486. The largest absolute Gasteiger partial charge is 0.573 e. The quantitative estimate of drug-likeness (QED) is 0.166. The van der Waals surface area contributed by atoms with Crippen LogP contribution in [0.1, 0.15) is 56.1 Å². The molecule has 254 valence electrons. The number of para-hydroxylation sites is 1. The van der Waals surface area contributed by atoms with Gasteiger partial charge in [-0.15, -0.1) is 13.2 Å². The highest BCUT2D eigenvalue weighted by Crippen LogP contribution is 2.34. The highest BCUT2D eigenvalue weighted by Gasteiger charge is 2.32. The number of ether oxygens (including phenoxy) is 1. The fourth-order valence-corrected chi connectivity index (χ4v) is 7.12. The molecule has 1 atom stereocenters. The number of hydrogen-bond donors (Lipinski definition) is 4. The molecule has 0 spiro atoms. The monoisotopic (exact) mass is 732 g/mol. The second-order valence-electron chi connectivity index (χ2n) is 12.1. The van der Waals surface area contributed by atoms with Crippen molar-refractivity contribution in [1.82, 2.24) is 20.3 Å². The van der Waals surface area contributed by atoms with E-state index in [9.17, 15) is 13.2 Å². The molecule has 6 rings (SSSR count). The van der Waals surface area contributed by atoms with Crippen LogP contribution in [0, 0.1) is 5.92 Å². The standard InChI is InChI=1S/C27H37N5.C8H7BrF3NOS/c1-3-9-21(10-4-1)19-28-27-30-25-14-8-7-13-24(25)26(31-27)29-23-15-17-32(18-16-23)20-22-11-5-2-6-12-22;1-13-15-7-3-2-5(9)4-6(7)14-8(10,11)12/h2,5-8,11-14,21,23,27-28,30H,1,3-4,9-10,15-20H2,(H,29,31);2-4,13H,1H3. The van der Waals surface area contributed by atoms with Gasteiger partial charge in [0, 0.05) is 47.9 Å². The summed E-state index contributed by atoms with van der Waals surface area (Å²) in [4.78, 5) is 8.00. The zero-order valence-corrected chi connectivity index (χ0v) is 29.1. The molecule has 47 heavy (non-hydrogen) atoms. The van der Waals surface area contributed by atoms with Crippen LogP contribution >= 0.6 is 27.9 Å². The third-order valence-electron chi connectivity index (χ3n) is 8.58. The van der Waals surface area contributed by atoms with Crippen molar-refractivity contribution < 1.29 is 17.9 Å². The van der Waals surface area contributed by atoms with Gasteiger partial charge in [-0.05, 0) is 86.5 Å². The van der Waals surface area contributed by atoms with Crippen LogP contribution in [0.5, 0.6) is 5.75 Å². The predicted molar refractivity (Wildman–Crippen MR) is 189 cm³/mol. The van der Waals surface area contributed by atoms with E-state index in [0.717, 1.165) is 62.7 Å². The second-order valence-corrected chi connectivity index (χ2v) is 14.1. The average molecular weight is 734 g/mol. The molecule has 1 saturated heterocycles. The van der Waals surface area contributed by atoms with E-state index in [1.54, 1.807) is 13.1 Å². The first-order chi connectivity index (χ1) is 22.8. The number of fused-ring (bicyclic) bond motifs is 1. The Kier molecular flexibility index (Phi) is 13.3. The van der Waals surface area contributed by atoms with Crippen molar-refractivity contribution in [3.8, 4) is 5.75 Å². The van der Waals surface area contributed by atoms with Crippen LogP contribution < -0.4 is 25.4 Å². The lowest BCUT2D eigenvalue weighted by Gasteiger charge is -2.35. The summed E-state index contributed by atoms with van der Waals surface area (Å²) < 4.78 is 43.2. The number of amidine groups is 1. The number of halogens is 4. The van der Waals surface area contributed by atoms with Crippen molar-refractivity contribution in [2.24, 2.45) is 10.9 Å². The molecule has 2 heterocycles. The Bertz CT molecular complexity index is 1430. The number of piperidine rings is 1. The summed E-state index contributed by atoms with van der Waals surface area (Å²) in [5, 5.41) is 11.1. The molecule has 4 N–H and O–H groups in total. The molecule has 12 heteroatoms. The van der Waals surface area contributed by atoms with Gasteiger partial charge in [-0.2, -0.15) is 0 Å². The maximum atomic E-state index is 12.0. The van der Waals surface area contributed by atoms with Crippen LogP contribution in [-0.4, -0.2) is 56.1 Å². The second kappa shape index (κ2) is 17.6. The number of rotatable bonds is 9. The minimum Gasteiger partial charge on any atom is -0.405 e. The van der Waals surface area contributed by atoms with E-state index >= 15 is 0 Å². The minimum atomic E-state index is -4.68. The maximum absolute atomic E-state index is 12.0. The Morgan fingerprint density at radius 2 is 1.68 bits per heavy atom. The molecule has 3 aromatic rings. The highest BCUT2D eigenvalue weighted by atomic mass is 79.9. The Morgan fingerprint density at radius 1 is 0.957 bits per heavy atom. The first-order valence-corrected chi connectivity index (χ1v) is 18.0. The van der Waals surface area contributed by atoms with Gasteiger partial charge in [0.1, 0.15) is 11.6 Å². The molecular formula is C35H44BrF3N6OS. The van der Waals surface area contributed by atoms with E-state index in [2.05, 4.69) is 101 Å². The van der Waals surface area contributed by atoms with E-state index in [1.165, 1.54) is 61.1 Å². The maximum Gasteiger partial charge on any atom is 0.573 e. The molecule has 1 unspecified atom stereocenters. The Labute approximate surface area is 288 Å². The Hall–Kier alpha value is -2.77. The molecule has 0 aromatic heterocycles. The molecule has 0 amide bonds. The molecule has 3 aliphatic rings. The molecule has 7 nitrogen and oxygen atoms in total. The van der Waals surface area contributed by atoms with Crippen molar-refractivity contribution in [2.75, 3.05) is 32.0 Å². The molecule has 0 radical (unpaired) electrons. The van der Waals surface area contributed by atoms with Gasteiger partial charge in [-0.3, -0.25) is 14.9 Å². The molecule has 1 aliphatic carbocycles. The average Bonchev–Trinajstić information content (AvgIpc) is 3.07. The molecule has 3 aromatic carbocycles. The number of alkyl halides is 3. The van der Waals surface area contributed by atoms with Gasteiger partial charge >= 0.3 is 6.36 Å². The number of aliphatic imine (C=N–C) groups is 1. The summed E-state index contributed by atoms with van der Waals surface area (Å²) in [6, 6.07) is 24.3. The van der Waals surface area contributed by atoms with Gasteiger partial charge in [-0.1, -0.05) is 77.7 Å².